The molecule has 0 aliphatic carbocycles. The van der Waals surface area contributed by atoms with Gasteiger partial charge < -0.3 is 10.5 Å². The summed E-state index contributed by atoms with van der Waals surface area (Å²) in [4.78, 5) is 2.30. The quantitative estimate of drug-likeness (QED) is 0.594. The molecule has 0 bridgehead atoms. The lowest BCUT2D eigenvalue weighted by Crippen LogP contribution is -2.30. The molecule has 1 aromatic carbocycles. The molecule has 3 N–H and O–H groups in total. The number of hydrogen-bond donors (Lipinski definition) is 2. The number of methoxy groups -OCH3 is 1. The van der Waals surface area contributed by atoms with Gasteiger partial charge in [0.15, 0.2) is 0 Å². The summed E-state index contributed by atoms with van der Waals surface area (Å²) >= 11 is 1.85. The summed E-state index contributed by atoms with van der Waals surface area (Å²) in [6.07, 6.45) is 2.12. The van der Waals surface area contributed by atoms with Crippen molar-refractivity contribution in [2.75, 3.05) is 26.2 Å². The summed E-state index contributed by atoms with van der Waals surface area (Å²) in [5.41, 5.74) is 7.33. The fourth-order valence-electron chi connectivity index (χ4n) is 1.87. The van der Waals surface area contributed by atoms with Gasteiger partial charge in [-0.15, -0.1) is 0 Å². The van der Waals surface area contributed by atoms with Crippen molar-refractivity contribution in [3.63, 3.8) is 0 Å². The van der Waals surface area contributed by atoms with Crippen LogP contribution in [0.2, 0.25) is 0 Å². The lowest BCUT2D eigenvalue weighted by molar-refractivity contribution is 0.269. The van der Waals surface area contributed by atoms with Crippen LogP contribution < -0.4 is 10.5 Å². The lowest BCUT2D eigenvalue weighted by Gasteiger charge is -2.24. The van der Waals surface area contributed by atoms with E-state index >= 15 is 0 Å². The molecule has 0 aromatic heterocycles. The van der Waals surface area contributed by atoms with Crippen molar-refractivity contribution in [2.24, 2.45) is 5.73 Å². The highest BCUT2D eigenvalue weighted by Gasteiger charge is 2.11. The molecule has 0 amide bonds. The third kappa shape index (κ3) is 4.44. The highest BCUT2D eigenvalue weighted by molar-refractivity contribution is 7.98. The highest BCUT2D eigenvalue weighted by Crippen LogP contribution is 2.21. The van der Waals surface area contributed by atoms with E-state index in [1.165, 1.54) is 0 Å². The number of benzene rings is 1. The van der Waals surface area contributed by atoms with Gasteiger partial charge >= 0.3 is 0 Å². The molecule has 5 heteroatoms. The maximum absolute atomic E-state index is 7.50. The molecule has 0 spiro atoms. The predicted octanol–water partition coefficient (Wildman–Crippen LogP) is 2.16. The number of nitrogens with zero attached hydrogens (tertiary/aromatic N) is 1. The number of thioether (sulfide) groups is 1. The fraction of sp³-hybridized carbons (Fsp3) is 0.500. The Hall–Kier alpha value is -1.20. The molecule has 0 aliphatic heterocycles. The maximum Gasteiger partial charge on any atom is 0.130 e. The van der Waals surface area contributed by atoms with E-state index in [0.29, 0.717) is 17.4 Å². The Morgan fingerprint density at radius 2 is 2.21 bits per heavy atom. The van der Waals surface area contributed by atoms with Gasteiger partial charge in [-0.3, -0.25) is 10.3 Å². The number of rotatable bonds is 7. The van der Waals surface area contributed by atoms with Gasteiger partial charge in [0.2, 0.25) is 0 Å². The first-order valence-corrected chi connectivity index (χ1v) is 7.59. The van der Waals surface area contributed by atoms with E-state index in [-0.39, 0.29) is 5.84 Å². The Morgan fingerprint density at radius 1 is 1.53 bits per heavy atom. The van der Waals surface area contributed by atoms with Gasteiger partial charge in [-0.1, -0.05) is 6.07 Å². The smallest absolute Gasteiger partial charge is 0.130 e. The summed E-state index contributed by atoms with van der Waals surface area (Å²) in [5, 5.41) is 7.50. The zero-order valence-corrected chi connectivity index (χ0v) is 12.9. The Labute approximate surface area is 119 Å². The molecule has 1 atom stereocenters. The van der Waals surface area contributed by atoms with Gasteiger partial charge in [-0.2, -0.15) is 11.8 Å². The minimum Gasteiger partial charge on any atom is -0.496 e. The van der Waals surface area contributed by atoms with Gasteiger partial charge in [-0.25, -0.2) is 0 Å². The first-order chi connectivity index (χ1) is 8.99. The Morgan fingerprint density at radius 3 is 2.74 bits per heavy atom. The average Bonchev–Trinajstić information content (AvgIpc) is 2.38. The zero-order valence-electron chi connectivity index (χ0n) is 12.1. The van der Waals surface area contributed by atoms with Crippen molar-refractivity contribution in [2.45, 2.75) is 19.5 Å². The van der Waals surface area contributed by atoms with Crippen LogP contribution >= 0.6 is 11.8 Å². The third-order valence-electron chi connectivity index (χ3n) is 3.15. The largest absolute Gasteiger partial charge is 0.496 e. The number of nitrogens with one attached hydrogen (secondary N) is 1. The van der Waals surface area contributed by atoms with E-state index in [1.807, 2.05) is 30.0 Å². The van der Waals surface area contributed by atoms with Crippen LogP contribution in [-0.2, 0) is 6.54 Å². The molecule has 1 unspecified atom stereocenters. The normalized spacial score (nSPS) is 12.5. The van der Waals surface area contributed by atoms with Crippen LogP contribution in [0.5, 0.6) is 5.75 Å². The second-order valence-electron chi connectivity index (χ2n) is 4.67. The number of nitrogens with two attached hydrogens (primary N) is 1. The van der Waals surface area contributed by atoms with Crippen LogP contribution in [0, 0.1) is 5.41 Å². The molecule has 4 nitrogen and oxygen atoms in total. The summed E-state index contributed by atoms with van der Waals surface area (Å²) in [5.74, 6) is 1.81. The molecule has 106 valence electrons. The van der Waals surface area contributed by atoms with Crippen molar-refractivity contribution in [1.82, 2.24) is 4.90 Å². The van der Waals surface area contributed by atoms with Crippen molar-refractivity contribution >= 4 is 17.6 Å². The topological polar surface area (TPSA) is 62.3 Å². The monoisotopic (exact) mass is 281 g/mol. The van der Waals surface area contributed by atoms with E-state index < -0.39 is 0 Å². The summed E-state index contributed by atoms with van der Waals surface area (Å²) in [6, 6.07) is 6.33. The van der Waals surface area contributed by atoms with Gasteiger partial charge in [0.25, 0.3) is 0 Å². The minimum absolute atomic E-state index is 0.0347. The first-order valence-electron chi connectivity index (χ1n) is 6.20. The third-order valence-corrected chi connectivity index (χ3v) is 3.96. The molecular formula is C14H23N3OS. The number of nitrogen functional groups attached to an aromatic ring is 1. The van der Waals surface area contributed by atoms with E-state index in [4.69, 9.17) is 15.9 Å². The molecule has 1 rings (SSSR count). The molecule has 0 saturated heterocycles. The number of hydrogen-bond acceptors (Lipinski definition) is 4. The van der Waals surface area contributed by atoms with Gasteiger partial charge in [0.05, 0.1) is 12.7 Å². The first kappa shape index (κ1) is 15.9. The summed E-state index contributed by atoms with van der Waals surface area (Å²) < 4.78 is 5.29. The van der Waals surface area contributed by atoms with Crippen LogP contribution in [0.3, 0.4) is 0 Å². The molecule has 0 aliphatic rings. The molecule has 0 heterocycles. The standard InChI is InChI=1S/C14H23N3OS/c1-10(9-19-4)17(2)8-11-5-6-12(14(15)16)13(7-11)18-3/h5-7,10H,8-9H2,1-4H3,(H3,15,16). The number of ether oxygens (including phenoxy) is 1. The average molecular weight is 281 g/mol. The Balaban J connectivity index is 2.82. The molecule has 19 heavy (non-hydrogen) atoms. The number of amidine groups is 1. The zero-order chi connectivity index (χ0) is 14.4. The second kappa shape index (κ2) is 7.40. The highest BCUT2D eigenvalue weighted by atomic mass is 32.2. The van der Waals surface area contributed by atoms with E-state index in [0.717, 1.165) is 17.9 Å². The van der Waals surface area contributed by atoms with E-state index in [1.54, 1.807) is 7.11 Å². The van der Waals surface area contributed by atoms with Crippen LogP contribution in [0.15, 0.2) is 18.2 Å². The van der Waals surface area contributed by atoms with Crippen LogP contribution in [0.1, 0.15) is 18.1 Å². The van der Waals surface area contributed by atoms with Crippen LogP contribution in [0.25, 0.3) is 0 Å². The molecular weight excluding hydrogens is 258 g/mol. The SMILES string of the molecule is COc1cc(CN(C)C(C)CSC)ccc1C(=N)N. The lowest BCUT2D eigenvalue weighted by atomic mass is 10.1. The van der Waals surface area contributed by atoms with Crippen molar-refractivity contribution < 1.29 is 4.74 Å². The van der Waals surface area contributed by atoms with Gasteiger partial charge in [0.1, 0.15) is 11.6 Å². The molecule has 1 aromatic rings. The van der Waals surface area contributed by atoms with Crippen molar-refractivity contribution in [1.29, 1.82) is 5.41 Å². The van der Waals surface area contributed by atoms with Crippen LogP contribution in [0.4, 0.5) is 0 Å². The maximum atomic E-state index is 7.50. The minimum atomic E-state index is 0.0347. The summed E-state index contributed by atoms with van der Waals surface area (Å²) in [7, 11) is 3.72. The van der Waals surface area contributed by atoms with Crippen molar-refractivity contribution in [3.8, 4) is 5.75 Å². The fourth-order valence-corrected chi connectivity index (χ4v) is 2.61. The Kier molecular flexibility index (Phi) is 6.18. The van der Waals surface area contributed by atoms with E-state index in [9.17, 15) is 0 Å². The van der Waals surface area contributed by atoms with Gasteiger partial charge in [-0.05, 0) is 37.9 Å². The van der Waals surface area contributed by atoms with Crippen molar-refractivity contribution in [3.05, 3.63) is 29.3 Å². The Bertz CT molecular complexity index is 437. The van der Waals surface area contributed by atoms with Gasteiger partial charge in [0, 0.05) is 18.3 Å². The summed E-state index contributed by atoms with van der Waals surface area (Å²) in [6.45, 7) is 3.08. The second-order valence-corrected chi connectivity index (χ2v) is 5.58. The molecule has 0 saturated carbocycles. The van der Waals surface area contributed by atoms with Crippen LogP contribution in [-0.4, -0.2) is 42.9 Å². The molecule has 0 fully saturated rings. The predicted molar refractivity (Wildman–Crippen MR) is 83.3 cm³/mol. The molecule has 0 radical (unpaired) electrons. The van der Waals surface area contributed by atoms with E-state index in [2.05, 4.69) is 25.1 Å².